The fourth-order valence-corrected chi connectivity index (χ4v) is 1.96. The summed E-state index contributed by atoms with van der Waals surface area (Å²) in [5.41, 5.74) is 5.64. The summed E-state index contributed by atoms with van der Waals surface area (Å²) in [5, 5.41) is 14.0. The minimum atomic E-state index is -0.499. The van der Waals surface area contributed by atoms with E-state index in [0.29, 0.717) is 6.61 Å². The second kappa shape index (κ2) is 5.13. The highest BCUT2D eigenvalue weighted by Crippen LogP contribution is 2.27. The van der Waals surface area contributed by atoms with Gasteiger partial charge in [0.15, 0.2) is 0 Å². The zero-order chi connectivity index (χ0) is 13.1. The zero-order valence-corrected chi connectivity index (χ0v) is 10.0. The molecule has 1 aliphatic heterocycles. The van der Waals surface area contributed by atoms with Crippen LogP contribution < -0.4 is 11.1 Å². The fraction of sp³-hybridized carbons (Fsp3) is 0.600. The number of anilines is 2. The van der Waals surface area contributed by atoms with Gasteiger partial charge in [0.25, 0.3) is 0 Å². The van der Waals surface area contributed by atoms with Gasteiger partial charge in [0.2, 0.25) is 11.8 Å². The lowest BCUT2D eigenvalue weighted by molar-refractivity contribution is -0.385. The summed E-state index contributed by atoms with van der Waals surface area (Å²) in [5.74, 6) is 0.192. The van der Waals surface area contributed by atoms with Crippen LogP contribution in [0.5, 0.6) is 0 Å². The number of nitrogens with one attached hydrogen (secondary N) is 1. The highest BCUT2D eigenvalue weighted by molar-refractivity contribution is 5.60. The Morgan fingerprint density at radius 1 is 1.56 bits per heavy atom. The molecule has 1 aromatic rings. The van der Waals surface area contributed by atoms with Crippen LogP contribution in [0.1, 0.15) is 18.5 Å². The summed E-state index contributed by atoms with van der Waals surface area (Å²) in [4.78, 5) is 18.2. The first-order valence-corrected chi connectivity index (χ1v) is 5.70. The molecule has 0 spiro atoms. The number of hydrogen-bond donors (Lipinski definition) is 2. The summed E-state index contributed by atoms with van der Waals surface area (Å²) in [6.45, 7) is 2.78. The van der Waals surface area contributed by atoms with Crippen LogP contribution in [0.3, 0.4) is 0 Å². The lowest BCUT2D eigenvalue weighted by atomic mass is 10.1. The molecule has 0 radical (unpaired) electrons. The maximum Gasteiger partial charge on any atom is 0.332 e. The second-order valence-electron chi connectivity index (χ2n) is 4.18. The number of hydrogen-bond acceptors (Lipinski definition) is 7. The number of aromatic nitrogens is 2. The van der Waals surface area contributed by atoms with Crippen molar-refractivity contribution in [3.8, 4) is 0 Å². The molecule has 0 saturated carbocycles. The van der Waals surface area contributed by atoms with E-state index in [2.05, 4.69) is 15.3 Å². The van der Waals surface area contributed by atoms with E-state index in [1.807, 2.05) is 0 Å². The van der Waals surface area contributed by atoms with E-state index < -0.39 is 4.92 Å². The number of nitrogens with zero attached hydrogens (tertiary/aromatic N) is 3. The van der Waals surface area contributed by atoms with Gasteiger partial charge in [0.05, 0.1) is 17.6 Å². The van der Waals surface area contributed by atoms with Crippen molar-refractivity contribution in [2.45, 2.75) is 25.8 Å². The van der Waals surface area contributed by atoms with Gasteiger partial charge in [-0.05, 0) is 19.8 Å². The largest absolute Gasteiger partial charge is 0.379 e. The van der Waals surface area contributed by atoms with Crippen molar-refractivity contribution < 1.29 is 9.66 Å². The molecule has 1 aromatic heterocycles. The van der Waals surface area contributed by atoms with E-state index in [-0.39, 0.29) is 29.2 Å². The zero-order valence-electron chi connectivity index (χ0n) is 10.0. The molecular weight excluding hydrogens is 238 g/mol. The molecule has 98 valence electrons. The summed E-state index contributed by atoms with van der Waals surface area (Å²) in [6.07, 6.45) is 1.81. The first-order chi connectivity index (χ1) is 8.58. The highest BCUT2D eigenvalue weighted by Gasteiger charge is 2.24. The Labute approximate surface area is 104 Å². The molecule has 0 amide bonds. The van der Waals surface area contributed by atoms with Crippen molar-refractivity contribution in [1.82, 2.24) is 9.97 Å². The molecule has 1 atom stereocenters. The highest BCUT2D eigenvalue weighted by atomic mass is 16.6. The monoisotopic (exact) mass is 253 g/mol. The third-order valence-corrected chi connectivity index (χ3v) is 2.76. The van der Waals surface area contributed by atoms with Crippen LogP contribution >= 0.6 is 0 Å². The van der Waals surface area contributed by atoms with Crippen LogP contribution in [-0.4, -0.2) is 34.1 Å². The van der Waals surface area contributed by atoms with Crippen molar-refractivity contribution in [1.29, 1.82) is 0 Å². The summed E-state index contributed by atoms with van der Waals surface area (Å²) in [6, 6.07) is 0.0196. The van der Waals surface area contributed by atoms with E-state index in [4.69, 9.17) is 10.5 Å². The molecule has 0 bridgehead atoms. The molecule has 3 N–H and O–H groups in total. The Kier molecular flexibility index (Phi) is 3.56. The number of ether oxygens (including phenoxy) is 1. The van der Waals surface area contributed by atoms with E-state index in [1.165, 1.54) is 0 Å². The average Bonchev–Trinajstić information content (AvgIpc) is 2.28. The SMILES string of the molecule is Cc1nc(N)nc(NC2CCCOC2)c1[N+](=O)[O-]. The van der Waals surface area contributed by atoms with Crippen LogP contribution in [0.15, 0.2) is 0 Å². The normalized spacial score (nSPS) is 19.5. The minimum absolute atomic E-state index is 0.0196. The lowest BCUT2D eigenvalue weighted by Crippen LogP contribution is -2.31. The fourth-order valence-electron chi connectivity index (χ4n) is 1.96. The smallest absolute Gasteiger partial charge is 0.332 e. The number of aryl methyl sites for hydroxylation is 1. The Morgan fingerprint density at radius 3 is 2.94 bits per heavy atom. The summed E-state index contributed by atoms with van der Waals surface area (Å²) >= 11 is 0. The number of nitro groups is 1. The molecule has 8 nitrogen and oxygen atoms in total. The average molecular weight is 253 g/mol. The lowest BCUT2D eigenvalue weighted by Gasteiger charge is -2.23. The third-order valence-electron chi connectivity index (χ3n) is 2.76. The van der Waals surface area contributed by atoms with E-state index >= 15 is 0 Å². The van der Waals surface area contributed by atoms with Gasteiger partial charge in [-0.1, -0.05) is 0 Å². The Morgan fingerprint density at radius 2 is 2.33 bits per heavy atom. The van der Waals surface area contributed by atoms with Gasteiger partial charge >= 0.3 is 5.69 Å². The van der Waals surface area contributed by atoms with Gasteiger partial charge in [-0.2, -0.15) is 4.98 Å². The molecule has 1 saturated heterocycles. The van der Waals surface area contributed by atoms with E-state index in [1.54, 1.807) is 6.92 Å². The molecule has 1 unspecified atom stereocenters. The first kappa shape index (κ1) is 12.5. The first-order valence-electron chi connectivity index (χ1n) is 5.70. The van der Waals surface area contributed by atoms with Crippen molar-refractivity contribution >= 4 is 17.5 Å². The maximum absolute atomic E-state index is 11.0. The molecule has 8 heteroatoms. The topological polar surface area (TPSA) is 116 Å². The number of nitrogens with two attached hydrogens (primary N) is 1. The van der Waals surface area contributed by atoms with Gasteiger partial charge in [0, 0.05) is 6.61 Å². The molecule has 18 heavy (non-hydrogen) atoms. The third kappa shape index (κ3) is 2.65. The van der Waals surface area contributed by atoms with Crippen molar-refractivity contribution in [3.63, 3.8) is 0 Å². The molecule has 1 fully saturated rings. The standard InChI is InChI=1S/C10H15N5O3/c1-6-8(15(16)17)9(14-10(11)12-6)13-7-3-2-4-18-5-7/h7H,2-5H2,1H3,(H3,11,12,13,14). The molecule has 1 aliphatic rings. The molecule has 2 heterocycles. The summed E-state index contributed by atoms with van der Waals surface area (Å²) in [7, 11) is 0. The van der Waals surface area contributed by atoms with Gasteiger partial charge in [-0.3, -0.25) is 10.1 Å². The van der Waals surface area contributed by atoms with Gasteiger partial charge in [0.1, 0.15) is 5.69 Å². The second-order valence-corrected chi connectivity index (χ2v) is 4.18. The van der Waals surface area contributed by atoms with Crippen LogP contribution in [0.25, 0.3) is 0 Å². The molecule has 0 aromatic carbocycles. The Bertz CT molecular complexity index is 459. The Hall–Kier alpha value is -1.96. The van der Waals surface area contributed by atoms with Crippen LogP contribution in [0.4, 0.5) is 17.5 Å². The summed E-state index contributed by atoms with van der Waals surface area (Å²) < 4.78 is 5.31. The molecule has 2 rings (SSSR count). The van der Waals surface area contributed by atoms with Crippen LogP contribution in [0, 0.1) is 17.0 Å². The molecule has 0 aliphatic carbocycles. The van der Waals surface area contributed by atoms with Crippen molar-refractivity contribution in [2.75, 3.05) is 24.3 Å². The Balaban J connectivity index is 2.27. The number of nitrogen functional groups attached to an aromatic ring is 1. The van der Waals surface area contributed by atoms with Crippen molar-refractivity contribution in [2.24, 2.45) is 0 Å². The van der Waals surface area contributed by atoms with Crippen LogP contribution in [0.2, 0.25) is 0 Å². The van der Waals surface area contributed by atoms with Crippen LogP contribution in [-0.2, 0) is 4.74 Å². The quantitative estimate of drug-likeness (QED) is 0.606. The van der Waals surface area contributed by atoms with E-state index in [9.17, 15) is 10.1 Å². The van der Waals surface area contributed by atoms with Gasteiger partial charge < -0.3 is 15.8 Å². The van der Waals surface area contributed by atoms with Gasteiger partial charge in [-0.15, -0.1) is 0 Å². The van der Waals surface area contributed by atoms with E-state index in [0.717, 1.165) is 19.4 Å². The number of rotatable bonds is 3. The predicted octanol–water partition coefficient (Wildman–Crippen LogP) is 0.866. The predicted molar refractivity (Wildman–Crippen MR) is 65.3 cm³/mol. The maximum atomic E-state index is 11.0. The minimum Gasteiger partial charge on any atom is -0.379 e. The molecular formula is C10H15N5O3. The van der Waals surface area contributed by atoms with Gasteiger partial charge in [-0.25, -0.2) is 4.98 Å². The van der Waals surface area contributed by atoms with Crippen molar-refractivity contribution in [3.05, 3.63) is 15.8 Å².